The Hall–Kier alpha value is -1.77. The van der Waals surface area contributed by atoms with Gasteiger partial charge in [0.1, 0.15) is 12.4 Å². The van der Waals surface area contributed by atoms with E-state index in [-0.39, 0.29) is 0 Å². The molecule has 2 rings (SSSR count). The van der Waals surface area contributed by atoms with E-state index in [9.17, 15) is 0 Å². The summed E-state index contributed by atoms with van der Waals surface area (Å²) in [5.41, 5.74) is 2.25. The van der Waals surface area contributed by atoms with Gasteiger partial charge in [0, 0.05) is 6.20 Å². The van der Waals surface area contributed by atoms with Gasteiger partial charge in [-0.1, -0.05) is 12.1 Å². The summed E-state index contributed by atoms with van der Waals surface area (Å²) in [4.78, 5) is 0. The van der Waals surface area contributed by atoms with Crippen LogP contribution in [-0.4, -0.2) is 16.4 Å². The maximum absolute atomic E-state index is 5.64. The van der Waals surface area contributed by atoms with E-state index in [2.05, 4.69) is 18.1 Å². The molecule has 0 amide bonds. The fourth-order valence-electron chi connectivity index (χ4n) is 1.55. The Morgan fingerprint density at radius 2 is 2.12 bits per heavy atom. The predicted molar refractivity (Wildman–Crippen MR) is 63.6 cm³/mol. The molecule has 1 heterocycles. The van der Waals surface area contributed by atoms with Gasteiger partial charge in [0.15, 0.2) is 0 Å². The molecule has 0 fully saturated rings. The van der Waals surface area contributed by atoms with Gasteiger partial charge in [0.2, 0.25) is 0 Å². The largest absolute Gasteiger partial charge is 0.492 e. The molecule has 0 saturated carbocycles. The van der Waals surface area contributed by atoms with Crippen molar-refractivity contribution in [2.24, 2.45) is 0 Å². The Bertz CT molecular complexity index is 462. The second-order valence-corrected chi connectivity index (χ2v) is 3.89. The molecule has 2 aromatic rings. The first-order valence-corrected chi connectivity index (χ1v) is 5.43. The van der Waals surface area contributed by atoms with Crippen molar-refractivity contribution >= 4 is 0 Å². The van der Waals surface area contributed by atoms with E-state index >= 15 is 0 Å². The lowest BCUT2D eigenvalue weighted by Gasteiger charge is -2.06. The Balaban J connectivity index is 1.84. The first-order valence-electron chi connectivity index (χ1n) is 5.43. The van der Waals surface area contributed by atoms with Crippen molar-refractivity contribution in [2.75, 3.05) is 6.61 Å². The van der Waals surface area contributed by atoms with Crippen molar-refractivity contribution < 1.29 is 4.74 Å². The van der Waals surface area contributed by atoms with Gasteiger partial charge in [-0.15, -0.1) is 0 Å². The molecule has 0 bridgehead atoms. The highest BCUT2D eigenvalue weighted by Crippen LogP contribution is 2.12. The number of hydrogen-bond acceptors (Lipinski definition) is 2. The molecule has 0 saturated heterocycles. The number of rotatable bonds is 4. The van der Waals surface area contributed by atoms with Gasteiger partial charge in [-0.05, 0) is 37.6 Å². The van der Waals surface area contributed by atoms with Crippen molar-refractivity contribution in [2.45, 2.75) is 20.4 Å². The smallest absolute Gasteiger partial charge is 0.119 e. The molecule has 0 aliphatic rings. The third-order valence-electron chi connectivity index (χ3n) is 2.35. The second-order valence-electron chi connectivity index (χ2n) is 3.89. The molecule has 16 heavy (non-hydrogen) atoms. The highest BCUT2D eigenvalue weighted by atomic mass is 16.5. The lowest BCUT2D eigenvalue weighted by molar-refractivity contribution is 0.291. The number of aromatic nitrogens is 2. The number of nitrogens with zero attached hydrogens (tertiary/aromatic N) is 2. The Morgan fingerprint density at radius 1 is 1.25 bits per heavy atom. The summed E-state index contributed by atoms with van der Waals surface area (Å²) < 4.78 is 7.53. The first-order chi connectivity index (χ1) is 7.74. The molecule has 0 N–H and O–H groups in total. The van der Waals surface area contributed by atoms with Crippen LogP contribution in [-0.2, 0) is 6.54 Å². The average molecular weight is 216 g/mol. The minimum absolute atomic E-state index is 0.643. The Morgan fingerprint density at radius 3 is 2.81 bits per heavy atom. The van der Waals surface area contributed by atoms with Gasteiger partial charge in [0.25, 0.3) is 0 Å². The molecule has 0 atom stereocenters. The van der Waals surface area contributed by atoms with E-state index in [1.54, 1.807) is 0 Å². The standard InChI is InChI=1S/C13H16N2O/c1-11-4-3-5-13(10-11)16-9-8-15-7-6-12(2)14-15/h3-7,10H,8-9H2,1-2H3. The molecule has 1 aromatic heterocycles. The molecule has 0 radical (unpaired) electrons. The van der Waals surface area contributed by atoms with E-state index in [4.69, 9.17) is 4.74 Å². The van der Waals surface area contributed by atoms with Crippen LogP contribution >= 0.6 is 0 Å². The van der Waals surface area contributed by atoms with Crippen LogP contribution in [0.2, 0.25) is 0 Å². The number of benzene rings is 1. The van der Waals surface area contributed by atoms with Gasteiger partial charge in [-0.25, -0.2) is 0 Å². The van der Waals surface area contributed by atoms with Gasteiger partial charge >= 0.3 is 0 Å². The van der Waals surface area contributed by atoms with E-state index < -0.39 is 0 Å². The maximum Gasteiger partial charge on any atom is 0.119 e. The van der Waals surface area contributed by atoms with Gasteiger partial charge < -0.3 is 4.74 Å². The van der Waals surface area contributed by atoms with Crippen LogP contribution in [0.5, 0.6) is 5.75 Å². The second kappa shape index (κ2) is 4.84. The van der Waals surface area contributed by atoms with Crippen LogP contribution in [0.25, 0.3) is 0 Å². The zero-order chi connectivity index (χ0) is 11.4. The third-order valence-corrected chi connectivity index (χ3v) is 2.35. The molecular formula is C13H16N2O. The summed E-state index contributed by atoms with van der Waals surface area (Å²) in [6.45, 7) is 5.47. The van der Waals surface area contributed by atoms with Crippen molar-refractivity contribution in [1.82, 2.24) is 9.78 Å². The highest BCUT2D eigenvalue weighted by molar-refractivity contribution is 5.27. The topological polar surface area (TPSA) is 27.1 Å². The van der Waals surface area contributed by atoms with E-state index in [1.807, 2.05) is 42.1 Å². The summed E-state index contributed by atoms with van der Waals surface area (Å²) in [7, 11) is 0. The van der Waals surface area contributed by atoms with Crippen LogP contribution in [0.15, 0.2) is 36.5 Å². The van der Waals surface area contributed by atoms with E-state index in [0.717, 1.165) is 18.0 Å². The van der Waals surface area contributed by atoms with Crippen LogP contribution in [0, 0.1) is 13.8 Å². The van der Waals surface area contributed by atoms with Crippen molar-refractivity contribution in [3.8, 4) is 5.75 Å². The summed E-state index contributed by atoms with van der Waals surface area (Å²) in [6.07, 6.45) is 1.97. The lowest BCUT2D eigenvalue weighted by Crippen LogP contribution is -2.08. The normalized spacial score (nSPS) is 10.4. The summed E-state index contributed by atoms with van der Waals surface area (Å²) >= 11 is 0. The highest BCUT2D eigenvalue weighted by Gasteiger charge is 1.96. The molecule has 1 aromatic carbocycles. The molecular weight excluding hydrogens is 200 g/mol. The molecule has 0 aliphatic carbocycles. The number of ether oxygens (including phenoxy) is 1. The van der Waals surface area contributed by atoms with Crippen molar-refractivity contribution in [3.05, 3.63) is 47.8 Å². The van der Waals surface area contributed by atoms with Gasteiger partial charge in [-0.3, -0.25) is 4.68 Å². The summed E-state index contributed by atoms with van der Waals surface area (Å²) in [6, 6.07) is 10.1. The van der Waals surface area contributed by atoms with E-state index in [0.29, 0.717) is 6.61 Å². The molecule has 3 heteroatoms. The summed E-state index contributed by atoms with van der Waals surface area (Å²) in [5, 5.41) is 4.30. The van der Waals surface area contributed by atoms with Gasteiger partial charge in [0.05, 0.1) is 12.2 Å². The third kappa shape index (κ3) is 2.86. The minimum atomic E-state index is 0.643. The fourth-order valence-corrected chi connectivity index (χ4v) is 1.55. The summed E-state index contributed by atoms with van der Waals surface area (Å²) in [5.74, 6) is 0.920. The zero-order valence-electron chi connectivity index (χ0n) is 9.68. The number of aryl methyl sites for hydroxylation is 2. The van der Waals surface area contributed by atoms with Crippen molar-refractivity contribution in [3.63, 3.8) is 0 Å². The molecule has 84 valence electrons. The zero-order valence-corrected chi connectivity index (χ0v) is 9.68. The Kier molecular flexibility index (Phi) is 3.25. The minimum Gasteiger partial charge on any atom is -0.492 e. The van der Waals surface area contributed by atoms with Crippen LogP contribution < -0.4 is 4.74 Å². The SMILES string of the molecule is Cc1cccc(OCCn2ccc(C)n2)c1. The molecule has 3 nitrogen and oxygen atoms in total. The van der Waals surface area contributed by atoms with Crippen LogP contribution in [0.1, 0.15) is 11.3 Å². The van der Waals surface area contributed by atoms with Crippen LogP contribution in [0.4, 0.5) is 0 Å². The van der Waals surface area contributed by atoms with Gasteiger partial charge in [-0.2, -0.15) is 5.10 Å². The number of hydrogen-bond donors (Lipinski definition) is 0. The van der Waals surface area contributed by atoms with Crippen molar-refractivity contribution in [1.29, 1.82) is 0 Å². The monoisotopic (exact) mass is 216 g/mol. The molecule has 0 aliphatic heterocycles. The first kappa shape index (κ1) is 10.7. The molecule has 0 unspecified atom stereocenters. The van der Waals surface area contributed by atoms with Crippen LogP contribution in [0.3, 0.4) is 0 Å². The quantitative estimate of drug-likeness (QED) is 0.785. The lowest BCUT2D eigenvalue weighted by atomic mass is 10.2. The fraction of sp³-hybridized carbons (Fsp3) is 0.308. The Labute approximate surface area is 95.7 Å². The average Bonchev–Trinajstić information content (AvgIpc) is 2.64. The maximum atomic E-state index is 5.64. The molecule has 0 spiro atoms. The van der Waals surface area contributed by atoms with E-state index in [1.165, 1.54) is 5.56 Å². The predicted octanol–water partition coefficient (Wildman–Crippen LogP) is 2.58.